The van der Waals surface area contributed by atoms with E-state index in [1.54, 1.807) is 13.1 Å². The van der Waals surface area contributed by atoms with Gasteiger partial charge in [-0.25, -0.2) is 27.8 Å². The summed E-state index contributed by atoms with van der Waals surface area (Å²) in [5, 5.41) is 3.03. The van der Waals surface area contributed by atoms with Gasteiger partial charge in [-0.3, -0.25) is 4.98 Å². The molecule has 1 atom stereocenters. The van der Waals surface area contributed by atoms with Crippen molar-refractivity contribution in [2.24, 2.45) is 0 Å². The maximum atomic E-state index is 14.0. The highest BCUT2D eigenvalue weighted by atomic mass is 32.2. The molecule has 1 saturated heterocycles. The normalized spacial score (nSPS) is 17.1. The quantitative estimate of drug-likeness (QED) is 0.644. The molecule has 3 aromatic rings. The van der Waals surface area contributed by atoms with E-state index in [0.29, 0.717) is 42.4 Å². The molecule has 0 saturated carbocycles. The summed E-state index contributed by atoms with van der Waals surface area (Å²) < 4.78 is 41.8. The van der Waals surface area contributed by atoms with Crippen LogP contribution in [0.4, 0.5) is 16.2 Å². The number of halogens is 1. The Kier molecular flexibility index (Phi) is 5.67. The summed E-state index contributed by atoms with van der Waals surface area (Å²) >= 11 is 0. The topological polar surface area (TPSA) is 101 Å². The van der Waals surface area contributed by atoms with E-state index in [0.717, 1.165) is 17.5 Å². The number of hydrogen-bond donors (Lipinski definition) is 1. The molecule has 0 radical (unpaired) electrons. The first-order valence-corrected chi connectivity index (χ1v) is 11.4. The van der Waals surface area contributed by atoms with E-state index in [1.807, 2.05) is 19.9 Å². The van der Waals surface area contributed by atoms with Crippen LogP contribution in [-0.4, -0.2) is 39.2 Å². The van der Waals surface area contributed by atoms with Crippen molar-refractivity contribution >= 4 is 21.8 Å². The fourth-order valence-corrected chi connectivity index (χ4v) is 5.37. The number of sulfonamides is 1. The minimum atomic E-state index is -3.88. The molecule has 0 amide bonds. The second-order valence-electron chi connectivity index (χ2n) is 7.61. The molecule has 1 aliphatic rings. The molecule has 0 bridgehead atoms. The third-order valence-corrected chi connectivity index (χ3v) is 7.07. The summed E-state index contributed by atoms with van der Waals surface area (Å²) in [4.78, 5) is 17.4. The van der Waals surface area contributed by atoms with Crippen molar-refractivity contribution in [1.82, 2.24) is 24.2 Å². The van der Waals surface area contributed by atoms with Gasteiger partial charge in [-0.15, -0.1) is 0 Å². The van der Waals surface area contributed by atoms with Gasteiger partial charge in [-0.05, 0) is 57.4 Å². The van der Waals surface area contributed by atoms with Gasteiger partial charge >= 0.3 is 0 Å². The maximum Gasteiger partial charge on any atom is 0.243 e. The van der Waals surface area contributed by atoms with Gasteiger partial charge < -0.3 is 5.32 Å². The van der Waals surface area contributed by atoms with Crippen LogP contribution in [0.3, 0.4) is 0 Å². The molecule has 4 rings (SSSR count). The lowest BCUT2D eigenvalue weighted by Crippen LogP contribution is -2.31. The SMILES string of the molecule is Cc1cc(C)nc(Nc2cncc([C@H]3CCCN3S(=O)(=O)c3ccc(C)c(F)c3)n2)n1. The van der Waals surface area contributed by atoms with Crippen LogP contribution in [0.25, 0.3) is 0 Å². The monoisotopic (exact) mass is 442 g/mol. The Morgan fingerprint density at radius 2 is 1.81 bits per heavy atom. The summed E-state index contributed by atoms with van der Waals surface area (Å²) in [6.07, 6.45) is 4.37. The first-order chi connectivity index (χ1) is 14.7. The molecule has 31 heavy (non-hydrogen) atoms. The average molecular weight is 443 g/mol. The minimum Gasteiger partial charge on any atom is -0.307 e. The van der Waals surface area contributed by atoms with Gasteiger partial charge in [0.15, 0.2) is 5.82 Å². The lowest BCUT2D eigenvalue weighted by molar-refractivity contribution is 0.389. The fourth-order valence-electron chi connectivity index (χ4n) is 3.69. The number of aromatic nitrogens is 4. The largest absolute Gasteiger partial charge is 0.307 e. The summed E-state index contributed by atoms with van der Waals surface area (Å²) in [5.41, 5.74) is 2.55. The predicted molar refractivity (Wildman–Crippen MR) is 114 cm³/mol. The zero-order valence-electron chi connectivity index (χ0n) is 17.5. The highest BCUT2D eigenvalue weighted by Crippen LogP contribution is 2.36. The van der Waals surface area contributed by atoms with Crippen LogP contribution in [0, 0.1) is 26.6 Å². The van der Waals surface area contributed by atoms with Crippen molar-refractivity contribution in [2.75, 3.05) is 11.9 Å². The molecule has 3 heterocycles. The van der Waals surface area contributed by atoms with E-state index in [-0.39, 0.29) is 4.90 Å². The van der Waals surface area contributed by atoms with Gasteiger partial charge in [0, 0.05) is 17.9 Å². The number of aryl methyl sites for hydroxylation is 3. The maximum absolute atomic E-state index is 14.0. The van der Waals surface area contributed by atoms with Crippen LogP contribution in [0.1, 0.15) is 41.5 Å². The number of benzene rings is 1. The Labute approximate surface area is 180 Å². The molecule has 8 nitrogen and oxygen atoms in total. The van der Waals surface area contributed by atoms with E-state index in [2.05, 4.69) is 25.3 Å². The number of rotatable bonds is 5. The first kappa shape index (κ1) is 21.3. The molecule has 2 aromatic heterocycles. The molecule has 1 aliphatic heterocycles. The van der Waals surface area contributed by atoms with Gasteiger partial charge in [0.1, 0.15) is 5.82 Å². The summed E-state index contributed by atoms with van der Waals surface area (Å²) in [7, 11) is -3.88. The third-order valence-electron chi connectivity index (χ3n) is 5.17. The zero-order valence-corrected chi connectivity index (χ0v) is 18.3. The smallest absolute Gasteiger partial charge is 0.243 e. The molecule has 162 valence electrons. The van der Waals surface area contributed by atoms with E-state index in [9.17, 15) is 12.8 Å². The van der Waals surface area contributed by atoms with Crippen LogP contribution >= 0.6 is 0 Å². The Morgan fingerprint density at radius 3 is 2.52 bits per heavy atom. The van der Waals surface area contributed by atoms with Crippen LogP contribution in [0.15, 0.2) is 41.6 Å². The van der Waals surface area contributed by atoms with Crippen molar-refractivity contribution in [3.63, 3.8) is 0 Å². The second kappa shape index (κ2) is 8.27. The highest BCUT2D eigenvalue weighted by molar-refractivity contribution is 7.89. The Morgan fingerprint density at radius 1 is 1.06 bits per heavy atom. The number of nitrogens with one attached hydrogen (secondary N) is 1. The van der Waals surface area contributed by atoms with Crippen molar-refractivity contribution in [3.8, 4) is 0 Å². The van der Waals surface area contributed by atoms with Gasteiger partial charge in [-0.2, -0.15) is 4.31 Å². The fraction of sp³-hybridized carbons (Fsp3) is 0.333. The van der Waals surface area contributed by atoms with Crippen LogP contribution < -0.4 is 5.32 Å². The van der Waals surface area contributed by atoms with Crippen molar-refractivity contribution in [2.45, 2.75) is 44.6 Å². The van der Waals surface area contributed by atoms with E-state index < -0.39 is 21.9 Å². The van der Waals surface area contributed by atoms with Gasteiger partial charge in [0.25, 0.3) is 0 Å². The zero-order chi connectivity index (χ0) is 22.2. The average Bonchev–Trinajstić information content (AvgIpc) is 3.20. The lowest BCUT2D eigenvalue weighted by Gasteiger charge is -2.24. The summed E-state index contributed by atoms with van der Waals surface area (Å²) in [6.45, 7) is 5.67. The summed E-state index contributed by atoms with van der Waals surface area (Å²) in [5.74, 6) is 0.277. The molecule has 0 unspecified atom stereocenters. The molecule has 1 aromatic carbocycles. The standard InChI is InChI=1S/C21H23FN6O2S/c1-13-6-7-16(10-17(13)22)31(29,30)28-8-4-5-19(28)18-11-23-12-20(26-18)27-21-24-14(2)9-15(3)25-21/h6-7,9-12,19H,4-5,8H2,1-3H3,(H,24,25,26,27)/t19-/m1/s1. The van der Waals surface area contributed by atoms with Crippen molar-refractivity contribution < 1.29 is 12.8 Å². The van der Waals surface area contributed by atoms with Crippen LogP contribution in [-0.2, 0) is 10.0 Å². The third kappa shape index (κ3) is 4.40. The van der Waals surface area contributed by atoms with E-state index in [1.165, 1.54) is 22.6 Å². The predicted octanol–water partition coefficient (Wildman–Crippen LogP) is 3.60. The molecule has 1 fully saturated rings. The molecule has 0 aliphatic carbocycles. The Hall–Kier alpha value is -2.98. The second-order valence-corrected chi connectivity index (χ2v) is 9.50. The number of hydrogen-bond acceptors (Lipinski definition) is 7. The van der Waals surface area contributed by atoms with Gasteiger partial charge in [-0.1, -0.05) is 6.07 Å². The van der Waals surface area contributed by atoms with E-state index in [4.69, 9.17) is 0 Å². The van der Waals surface area contributed by atoms with Crippen LogP contribution in [0.5, 0.6) is 0 Å². The van der Waals surface area contributed by atoms with Crippen molar-refractivity contribution in [1.29, 1.82) is 0 Å². The lowest BCUT2D eigenvalue weighted by atomic mass is 10.2. The Bertz CT molecular complexity index is 1210. The van der Waals surface area contributed by atoms with Crippen molar-refractivity contribution in [3.05, 3.63) is 65.1 Å². The first-order valence-electron chi connectivity index (χ1n) is 9.93. The molecule has 0 spiro atoms. The molecule has 1 N–H and O–H groups in total. The van der Waals surface area contributed by atoms with E-state index >= 15 is 0 Å². The molecular weight excluding hydrogens is 419 g/mol. The minimum absolute atomic E-state index is 0.0617. The number of anilines is 2. The van der Waals surface area contributed by atoms with Gasteiger partial charge in [0.05, 0.1) is 29.0 Å². The highest BCUT2D eigenvalue weighted by Gasteiger charge is 2.37. The summed E-state index contributed by atoms with van der Waals surface area (Å²) in [6, 6.07) is 5.36. The van der Waals surface area contributed by atoms with Gasteiger partial charge in [0.2, 0.25) is 16.0 Å². The number of nitrogens with zero attached hydrogens (tertiary/aromatic N) is 5. The van der Waals surface area contributed by atoms with Crippen LogP contribution in [0.2, 0.25) is 0 Å². The molecule has 10 heteroatoms. The Balaban J connectivity index is 1.63. The molecular formula is C21H23FN6O2S.